The first-order valence-electron chi connectivity index (χ1n) is 7.35. The van der Waals surface area contributed by atoms with Gasteiger partial charge in [0.2, 0.25) is 10.0 Å². The largest absolute Gasteiger partial charge is 0.465 e. The summed E-state index contributed by atoms with van der Waals surface area (Å²) in [6.45, 7) is 1.22. The van der Waals surface area contributed by atoms with E-state index < -0.39 is 22.5 Å². The minimum absolute atomic E-state index is 0.0132. The van der Waals surface area contributed by atoms with Crippen molar-refractivity contribution in [1.82, 2.24) is 9.29 Å². The fraction of sp³-hybridized carbons (Fsp3) is 0.250. The minimum Gasteiger partial charge on any atom is -0.465 e. The highest BCUT2D eigenvalue weighted by Crippen LogP contribution is 2.28. The third-order valence-electron chi connectivity index (χ3n) is 3.19. The molecule has 0 unspecified atom stereocenters. The van der Waals surface area contributed by atoms with Crippen molar-refractivity contribution in [2.75, 3.05) is 13.2 Å². The van der Waals surface area contributed by atoms with Gasteiger partial charge >= 0.3 is 5.97 Å². The predicted octanol–water partition coefficient (Wildman–Crippen LogP) is 3.14. The summed E-state index contributed by atoms with van der Waals surface area (Å²) in [7, 11) is -4.09. The maximum absolute atomic E-state index is 13.0. The number of pyridine rings is 1. The molecule has 0 aliphatic rings. The monoisotopic (exact) mass is 402 g/mol. The SMILES string of the molecule is CCOC(=O)CN(Cc1ccccn1)S(=O)(=O)c1cc(Cl)ccc1Cl. The zero-order chi connectivity index (χ0) is 18.4. The summed E-state index contributed by atoms with van der Waals surface area (Å²) in [4.78, 5) is 15.8. The lowest BCUT2D eigenvalue weighted by atomic mass is 10.3. The Labute approximate surface area is 156 Å². The molecule has 1 heterocycles. The van der Waals surface area contributed by atoms with Gasteiger partial charge in [0.05, 0.1) is 23.9 Å². The van der Waals surface area contributed by atoms with Gasteiger partial charge in [0.25, 0.3) is 0 Å². The molecule has 0 fully saturated rings. The van der Waals surface area contributed by atoms with Crippen molar-refractivity contribution in [3.8, 4) is 0 Å². The minimum atomic E-state index is -4.09. The van der Waals surface area contributed by atoms with E-state index in [1.807, 2.05) is 0 Å². The topological polar surface area (TPSA) is 76.6 Å². The molecule has 0 saturated heterocycles. The Morgan fingerprint density at radius 3 is 2.64 bits per heavy atom. The van der Waals surface area contributed by atoms with Crippen molar-refractivity contribution in [3.63, 3.8) is 0 Å². The van der Waals surface area contributed by atoms with Gasteiger partial charge < -0.3 is 4.74 Å². The van der Waals surface area contributed by atoms with E-state index in [0.717, 1.165) is 4.31 Å². The normalized spacial score (nSPS) is 11.5. The highest BCUT2D eigenvalue weighted by atomic mass is 35.5. The summed E-state index contributed by atoms with van der Waals surface area (Å²) in [6, 6.07) is 9.21. The second-order valence-corrected chi connectivity index (χ2v) is 7.72. The Kier molecular flexibility index (Phi) is 6.78. The van der Waals surface area contributed by atoms with Crippen LogP contribution < -0.4 is 0 Å². The Hall–Kier alpha value is -1.67. The first-order chi connectivity index (χ1) is 11.8. The number of sulfonamides is 1. The molecule has 0 N–H and O–H groups in total. The van der Waals surface area contributed by atoms with Crippen LogP contribution >= 0.6 is 23.2 Å². The lowest BCUT2D eigenvalue weighted by Gasteiger charge is -2.21. The Balaban J connectivity index is 2.41. The number of esters is 1. The molecule has 2 rings (SSSR count). The van der Waals surface area contributed by atoms with E-state index in [9.17, 15) is 13.2 Å². The molecular formula is C16H16Cl2N2O4S. The second kappa shape index (κ2) is 8.62. The van der Waals surface area contributed by atoms with Crippen LogP contribution in [0.3, 0.4) is 0 Å². The molecule has 0 aliphatic heterocycles. The van der Waals surface area contributed by atoms with Crippen LogP contribution in [0, 0.1) is 0 Å². The summed E-state index contributed by atoms with van der Waals surface area (Å²) in [5.41, 5.74) is 0.480. The zero-order valence-electron chi connectivity index (χ0n) is 13.4. The molecule has 134 valence electrons. The molecule has 1 aromatic carbocycles. The molecule has 0 spiro atoms. The lowest BCUT2D eigenvalue weighted by Crippen LogP contribution is -2.36. The van der Waals surface area contributed by atoms with Crippen molar-refractivity contribution in [1.29, 1.82) is 0 Å². The number of hydrogen-bond acceptors (Lipinski definition) is 5. The van der Waals surface area contributed by atoms with Gasteiger partial charge in [0.1, 0.15) is 11.4 Å². The number of hydrogen-bond donors (Lipinski definition) is 0. The van der Waals surface area contributed by atoms with Crippen LogP contribution in [0.1, 0.15) is 12.6 Å². The predicted molar refractivity (Wildman–Crippen MR) is 94.9 cm³/mol. The molecule has 6 nitrogen and oxygen atoms in total. The van der Waals surface area contributed by atoms with Crippen molar-refractivity contribution in [2.45, 2.75) is 18.4 Å². The van der Waals surface area contributed by atoms with Crippen LogP contribution in [0.5, 0.6) is 0 Å². The van der Waals surface area contributed by atoms with Crippen LogP contribution in [-0.4, -0.2) is 36.8 Å². The summed E-state index contributed by atoms with van der Waals surface area (Å²) >= 11 is 11.9. The standard InChI is InChI=1S/C16H16Cl2N2O4S/c1-2-24-16(21)11-20(10-13-5-3-4-8-19-13)25(22,23)15-9-12(17)6-7-14(15)18/h3-9H,2,10-11H2,1H3. The molecule has 0 aliphatic carbocycles. The van der Waals surface area contributed by atoms with Gasteiger partial charge in [0.15, 0.2) is 0 Å². The van der Waals surface area contributed by atoms with Crippen molar-refractivity contribution in [2.24, 2.45) is 0 Å². The van der Waals surface area contributed by atoms with Crippen LogP contribution in [0.15, 0.2) is 47.5 Å². The number of nitrogens with zero attached hydrogens (tertiary/aromatic N) is 2. The third-order valence-corrected chi connectivity index (χ3v) is 5.69. The van der Waals surface area contributed by atoms with Gasteiger partial charge in [-0.25, -0.2) is 8.42 Å². The summed E-state index contributed by atoms with van der Waals surface area (Å²) in [5.74, 6) is -0.667. The van der Waals surface area contributed by atoms with Crippen molar-refractivity contribution >= 4 is 39.2 Å². The average Bonchev–Trinajstić information content (AvgIpc) is 2.57. The number of benzene rings is 1. The number of ether oxygens (including phenoxy) is 1. The van der Waals surface area contributed by atoms with E-state index in [2.05, 4.69) is 4.98 Å². The van der Waals surface area contributed by atoms with Crippen LogP contribution in [0.25, 0.3) is 0 Å². The van der Waals surface area contributed by atoms with Gasteiger partial charge in [-0.05, 0) is 37.3 Å². The molecule has 9 heteroatoms. The van der Waals surface area contributed by atoms with Gasteiger partial charge in [-0.15, -0.1) is 0 Å². The molecule has 0 radical (unpaired) electrons. The van der Waals surface area contributed by atoms with E-state index in [4.69, 9.17) is 27.9 Å². The molecule has 0 atom stereocenters. The van der Waals surface area contributed by atoms with Gasteiger partial charge in [0, 0.05) is 11.2 Å². The van der Waals surface area contributed by atoms with Crippen molar-refractivity contribution < 1.29 is 17.9 Å². The molecule has 1 aromatic heterocycles. The number of halogens is 2. The van der Waals surface area contributed by atoms with Gasteiger partial charge in [-0.1, -0.05) is 29.3 Å². The third kappa shape index (κ3) is 5.15. The van der Waals surface area contributed by atoms with Crippen LogP contribution in [-0.2, 0) is 26.1 Å². The number of rotatable bonds is 7. The van der Waals surface area contributed by atoms with E-state index in [1.165, 1.54) is 24.4 Å². The van der Waals surface area contributed by atoms with Gasteiger partial charge in [-0.2, -0.15) is 4.31 Å². The molecule has 25 heavy (non-hydrogen) atoms. The Morgan fingerprint density at radius 1 is 1.24 bits per heavy atom. The van der Waals surface area contributed by atoms with E-state index >= 15 is 0 Å². The highest BCUT2D eigenvalue weighted by Gasteiger charge is 2.30. The second-order valence-electron chi connectivity index (χ2n) is 4.97. The van der Waals surface area contributed by atoms with E-state index in [1.54, 1.807) is 25.1 Å². The number of aromatic nitrogens is 1. The summed E-state index contributed by atoms with van der Waals surface area (Å²) < 4.78 is 31.8. The molecular weight excluding hydrogens is 387 g/mol. The van der Waals surface area contributed by atoms with Gasteiger partial charge in [-0.3, -0.25) is 9.78 Å². The first-order valence-corrected chi connectivity index (χ1v) is 9.55. The zero-order valence-corrected chi connectivity index (χ0v) is 15.7. The average molecular weight is 403 g/mol. The van der Waals surface area contributed by atoms with Crippen molar-refractivity contribution in [3.05, 3.63) is 58.3 Å². The summed E-state index contributed by atoms with van der Waals surface area (Å²) in [6.07, 6.45) is 1.54. The smallest absolute Gasteiger partial charge is 0.321 e. The lowest BCUT2D eigenvalue weighted by molar-refractivity contribution is -0.143. The molecule has 0 saturated carbocycles. The van der Waals surface area contributed by atoms with Crippen LogP contribution in [0.2, 0.25) is 10.0 Å². The summed E-state index contributed by atoms with van der Waals surface area (Å²) in [5, 5.41) is 0.233. The number of carbonyl (C=O) groups is 1. The maximum Gasteiger partial charge on any atom is 0.321 e. The fourth-order valence-corrected chi connectivity index (χ4v) is 4.16. The quantitative estimate of drug-likeness (QED) is 0.664. The van der Waals surface area contributed by atoms with E-state index in [0.29, 0.717) is 5.69 Å². The Bertz CT molecular complexity index is 844. The molecule has 2 aromatic rings. The Morgan fingerprint density at radius 2 is 2.00 bits per heavy atom. The first kappa shape index (κ1) is 19.7. The highest BCUT2D eigenvalue weighted by molar-refractivity contribution is 7.89. The molecule has 0 amide bonds. The van der Waals surface area contributed by atoms with Crippen LogP contribution in [0.4, 0.5) is 0 Å². The van der Waals surface area contributed by atoms with E-state index in [-0.39, 0.29) is 28.1 Å². The maximum atomic E-state index is 13.0. The molecule has 0 bridgehead atoms. The fourth-order valence-electron chi connectivity index (χ4n) is 2.06. The number of carbonyl (C=O) groups excluding carboxylic acids is 1.